The van der Waals surface area contributed by atoms with E-state index >= 15 is 0 Å². The number of aliphatic hydroxyl groups excluding tert-OH is 12. The van der Waals surface area contributed by atoms with Gasteiger partial charge in [-0.3, -0.25) is 19.2 Å². The number of nitrogens with one attached hydrogen (secondary N) is 4. The standard InChI is InChI=1S/C14H14Cl4N4O5.C14H16Cl2N4O5.C14H14F4N4O5.C14H16F2N4O5/c1-3-10(13(25)12(24)4(2-23)27-3)20-14(26)5-6(15)8(17)11(21-22-19)9(18)7(5)16;1-5-10(13(23)12(22)9(4-21)25-5)18-14(24)6-2-7(15)11(19-20-17)8(16)3-6;1-3-10(13(25)12(24)4(2-23)27-3)20-14(26)5-6(15)8(17)11(21-22-19)9(18)7(5)16;1-5-10(13(23)12(22)9(4-21)25-5)18-14(24)6-2-7(15)11(19-20-17)8(16)3-6/h3-4,10,12-13,23-25H,2H2,1H3,(H,20,26);2-3,5,9-10,12-13,21-23H,4H2,1H3,(H,18,24);3-4,10,12-13,23-25H,2H2,1H3,(H,20,26);2-3,5,9-10,12-13,21-23H,4H2,1H3,(H,18,24)/t3-,4?,10?,12+,13-;5-,9?,10?,12+,13-;3-,4?,10?,12+,13-;5-,9?,10?,12+,13-/m1111/s1. The third-order valence-corrected chi connectivity index (χ3v) is 18.2. The van der Waals surface area contributed by atoms with Crippen LogP contribution in [0.1, 0.15) is 69.1 Å². The number of hydrogen-bond acceptors (Lipinski definition) is 24. The van der Waals surface area contributed by atoms with Gasteiger partial charge in [0.15, 0.2) is 23.3 Å². The summed E-state index contributed by atoms with van der Waals surface area (Å²) in [6.45, 7) is 3.80. The monoisotopic (exact) mass is 1600 g/mol. The Labute approximate surface area is 609 Å². The fraction of sp³-hybridized carbons (Fsp3) is 0.500. The van der Waals surface area contributed by atoms with Crippen molar-refractivity contribution < 1.29 is 126 Å². The van der Waals surface area contributed by atoms with Gasteiger partial charge >= 0.3 is 0 Å². The summed E-state index contributed by atoms with van der Waals surface area (Å²) in [6.07, 6.45) is -19.2. The molecular weight excluding hydrogens is 1540 g/mol. The SMILES string of the molecule is C[C@H]1OC(CO)[C@H](O)[C@H](O)C1NC(=O)c1c(Cl)c(Cl)c(N=[N+]=[N-])c(Cl)c1Cl.C[C@H]1OC(CO)[C@H](O)[C@H](O)C1NC(=O)c1c(F)c(F)c(N=[N+]=[N-])c(F)c1F.C[C@H]1OC(CO)[C@H](O)[C@H](O)C1NC(=O)c1cc(Cl)c(N=[N+]=[N-])c(Cl)c1.C[C@H]1OC(CO)[C@H](O)[C@H](O)C1NC(=O)c1cc(F)c(N=[N+]=[N-])c(F)c1. The van der Waals surface area contributed by atoms with Gasteiger partial charge in [-0.2, -0.15) is 0 Å². The first kappa shape index (κ1) is 87.3. The van der Waals surface area contributed by atoms with E-state index in [1.807, 2.05) is 10.2 Å². The maximum absolute atomic E-state index is 14.0. The van der Waals surface area contributed by atoms with E-state index in [2.05, 4.69) is 51.1 Å². The maximum atomic E-state index is 14.0. The Morgan fingerprint density at radius 2 is 0.644 bits per heavy atom. The largest absolute Gasteiger partial charge is 0.394 e. The molecule has 8 unspecified atom stereocenters. The predicted octanol–water partition coefficient (Wildman–Crippen LogP) is 5.67. The van der Waals surface area contributed by atoms with E-state index in [0.29, 0.717) is 12.1 Å². The first-order valence-corrected chi connectivity index (χ1v) is 31.8. The molecule has 4 aliphatic heterocycles. The third-order valence-electron chi connectivity index (χ3n) is 16.0. The maximum Gasteiger partial charge on any atom is 0.257 e. The summed E-state index contributed by atoms with van der Waals surface area (Å²) in [6, 6.07) is -0.575. The summed E-state index contributed by atoms with van der Waals surface area (Å²) < 4.78 is 104. The van der Waals surface area contributed by atoms with Gasteiger partial charge in [-0.05, 0) is 74.1 Å². The van der Waals surface area contributed by atoms with Crippen LogP contribution in [0.25, 0.3) is 41.8 Å². The van der Waals surface area contributed by atoms with Gasteiger partial charge in [-0.1, -0.05) is 90.1 Å². The lowest BCUT2D eigenvalue weighted by Gasteiger charge is -2.41. The van der Waals surface area contributed by atoms with Crippen molar-refractivity contribution in [3.05, 3.63) is 153 Å². The summed E-state index contributed by atoms with van der Waals surface area (Å²) in [5.74, 6) is -14.9. The second-order valence-corrected chi connectivity index (χ2v) is 24.8. The first-order chi connectivity index (χ1) is 48.9. The Bertz CT molecular complexity index is 3690. The van der Waals surface area contributed by atoms with E-state index in [9.17, 15) is 86.4 Å². The van der Waals surface area contributed by atoms with Gasteiger partial charge in [0.05, 0.1) is 122 Å². The van der Waals surface area contributed by atoms with Gasteiger partial charge < -0.3 is 101 Å². The number of hydrogen-bond donors (Lipinski definition) is 16. The second-order valence-electron chi connectivity index (χ2n) is 22.5. The molecule has 0 aliphatic carbocycles. The molecule has 48 heteroatoms. The lowest BCUT2D eigenvalue weighted by molar-refractivity contribution is -0.187. The highest BCUT2D eigenvalue weighted by Gasteiger charge is 2.48. The number of benzene rings is 4. The summed E-state index contributed by atoms with van der Waals surface area (Å²) in [5, 5.41) is 136. The molecule has 16 N–H and O–H groups in total. The molecule has 4 fully saturated rings. The van der Waals surface area contributed by atoms with Gasteiger partial charge in [-0.15, -0.1) is 0 Å². The highest BCUT2D eigenvalue weighted by molar-refractivity contribution is 6.52. The average Bonchev–Trinajstić information content (AvgIpc) is 0.786. The summed E-state index contributed by atoms with van der Waals surface area (Å²) in [4.78, 5) is 58.9. The number of carbonyl (C=O) groups is 4. The van der Waals surface area contributed by atoms with Crippen LogP contribution in [0.4, 0.5) is 49.1 Å². The zero-order chi connectivity index (χ0) is 78.4. The van der Waals surface area contributed by atoms with Crippen LogP contribution in [-0.2, 0) is 18.9 Å². The van der Waals surface area contributed by atoms with E-state index in [4.69, 9.17) is 131 Å². The highest BCUT2D eigenvalue weighted by Crippen LogP contribution is 2.46. The van der Waals surface area contributed by atoms with E-state index in [0.717, 1.165) is 0 Å². The number of azide groups is 4. The van der Waals surface area contributed by atoms with Gasteiger partial charge in [-0.25, -0.2) is 26.3 Å². The van der Waals surface area contributed by atoms with Crippen LogP contribution in [0, 0.1) is 34.9 Å². The molecule has 0 saturated carbocycles. The molecule has 8 rings (SSSR count). The van der Waals surface area contributed by atoms with Crippen LogP contribution in [0.15, 0.2) is 44.7 Å². The molecule has 4 aromatic carbocycles. The lowest BCUT2D eigenvalue weighted by atomic mass is 9.93. The van der Waals surface area contributed by atoms with Crippen LogP contribution < -0.4 is 21.3 Å². The normalized spacial score (nSPS) is 28.3. The molecule has 0 bridgehead atoms. The predicted molar refractivity (Wildman–Crippen MR) is 350 cm³/mol. The van der Waals surface area contributed by atoms with Crippen molar-refractivity contribution in [1.29, 1.82) is 0 Å². The van der Waals surface area contributed by atoms with E-state index < -0.39 is 229 Å². The Hall–Kier alpha value is -7.32. The topological polar surface area (TPSA) is 591 Å². The van der Waals surface area contributed by atoms with Crippen molar-refractivity contribution in [2.45, 2.75) is 150 Å². The number of halogens is 12. The zero-order valence-electron chi connectivity index (χ0n) is 53.2. The minimum absolute atomic E-state index is 0.00186. The molecule has 36 nitrogen and oxygen atoms in total. The van der Waals surface area contributed by atoms with Crippen LogP contribution in [0.2, 0.25) is 30.1 Å². The highest BCUT2D eigenvalue weighted by atomic mass is 35.5. The summed E-state index contributed by atoms with van der Waals surface area (Å²) in [5.41, 5.74) is 28.5. The fourth-order valence-electron chi connectivity index (χ4n) is 10.5. The number of nitrogens with zero attached hydrogens (tertiary/aromatic N) is 12. The Morgan fingerprint density at radius 1 is 0.385 bits per heavy atom. The molecule has 4 aromatic rings. The van der Waals surface area contributed by atoms with Gasteiger partial charge in [0, 0.05) is 30.8 Å². The Balaban J connectivity index is 0.000000249. The fourth-order valence-corrected chi connectivity index (χ4v) is 12.2. The summed E-state index contributed by atoms with van der Waals surface area (Å²) in [7, 11) is 0. The molecule has 4 saturated heterocycles. The molecule has 4 aliphatic rings. The van der Waals surface area contributed by atoms with Crippen LogP contribution >= 0.6 is 69.6 Å². The molecule has 568 valence electrons. The summed E-state index contributed by atoms with van der Waals surface area (Å²) >= 11 is 36.0. The molecule has 4 amide bonds. The van der Waals surface area contributed by atoms with Crippen LogP contribution in [0.3, 0.4) is 0 Å². The van der Waals surface area contributed by atoms with E-state index in [-0.39, 0.29) is 52.6 Å². The van der Waals surface area contributed by atoms with Gasteiger partial charge in [0.2, 0.25) is 0 Å². The number of amides is 4. The minimum atomic E-state index is -2.11. The van der Waals surface area contributed by atoms with Crippen molar-refractivity contribution >= 4 is 116 Å². The quantitative estimate of drug-likeness (QED) is 0.0211. The minimum Gasteiger partial charge on any atom is -0.394 e. The van der Waals surface area contributed by atoms with Crippen molar-refractivity contribution in [3.63, 3.8) is 0 Å². The van der Waals surface area contributed by atoms with Crippen molar-refractivity contribution in [3.8, 4) is 0 Å². The van der Waals surface area contributed by atoms with Crippen molar-refractivity contribution in [2.24, 2.45) is 20.5 Å². The van der Waals surface area contributed by atoms with Crippen molar-refractivity contribution in [1.82, 2.24) is 21.3 Å². The van der Waals surface area contributed by atoms with Crippen LogP contribution in [0.5, 0.6) is 0 Å². The molecule has 20 atom stereocenters. The molecule has 0 spiro atoms. The number of carbonyl (C=O) groups excluding carboxylic acids is 4. The average molecular weight is 1600 g/mol. The smallest absolute Gasteiger partial charge is 0.257 e. The number of aliphatic hydroxyl groups is 12. The van der Waals surface area contributed by atoms with E-state index in [1.165, 1.54) is 32.9 Å². The zero-order valence-corrected chi connectivity index (χ0v) is 57.8. The molecule has 4 heterocycles. The third kappa shape index (κ3) is 19.8. The lowest BCUT2D eigenvalue weighted by Crippen LogP contribution is -2.63. The van der Waals surface area contributed by atoms with Gasteiger partial charge in [0.25, 0.3) is 23.6 Å². The number of ether oxygens (including phenoxy) is 4. The van der Waals surface area contributed by atoms with Crippen molar-refractivity contribution in [2.75, 3.05) is 26.4 Å². The van der Waals surface area contributed by atoms with Gasteiger partial charge in [0.1, 0.15) is 102 Å². The number of rotatable bonds is 16. The Kier molecular flexibility index (Phi) is 32.6. The van der Waals surface area contributed by atoms with E-state index in [1.54, 1.807) is 6.92 Å². The molecule has 0 radical (unpaired) electrons. The second kappa shape index (κ2) is 38.8. The Morgan fingerprint density at radius 3 is 0.942 bits per heavy atom. The van der Waals surface area contributed by atoms with Crippen LogP contribution in [-0.4, -0.2) is 233 Å². The molecule has 104 heavy (non-hydrogen) atoms. The molecular formula is C56H60Cl6F6N16O20. The first-order valence-electron chi connectivity index (χ1n) is 29.5. The molecule has 0 aromatic heterocycles.